The van der Waals surface area contributed by atoms with Gasteiger partial charge in [0, 0.05) is 17.4 Å². The molecular weight excluding hydrogens is 486 g/mol. The molecule has 1 aliphatic heterocycles. The van der Waals surface area contributed by atoms with E-state index in [1.807, 2.05) is 6.07 Å². The molecule has 11 atom stereocenters. The van der Waals surface area contributed by atoms with Gasteiger partial charge in [-0.25, -0.2) is 4.79 Å². The predicted octanol–water partition coefficient (Wildman–Crippen LogP) is 2.84. The molecule has 8 nitrogen and oxygen atoms in total. The van der Waals surface area contributed by atoms with Gasteiger partial charge in [0.2, 0.25) is 0 Å². The van der Waals surface area contributed by atoms with Crippen molar-refractivity contribution in [2.45, 2.75) is 101 Å². The number of aliphatic hydroxyl groups excluding tert-OH is 2. The molecule has 3 saturated carbocycles. The summed E-state index contributed by atoms with van der Waals surface area (Å²) in [6, 6.07) is 3.38. The van der Waals surface area contributed by atoms with Gasteiger partial charge in [0.15, 0.2) is 6.29 Å². The van der Waals surface area contributed by atoms with Gasteiger partial charge in [-0.15, -0.1) is 0 Å². The van der Waals surface area contributed by atoms with Crippen LogP contribution in [0.25, 0.3) is 0 Å². The highest BCUT2D eigenvalue weighted by atomic mass is 16.7. The van der Waals surface area contributed by atoms with E-state index in [2.05, 4.69) is 19.9 Å². The molecule has 4 fully saturated rings. The van der Waals surface area contributed by atoms with Crippen molar-refractivity contribution in [1.82, 2.24) is 0 Å². The summed E-state index contributed by atoms with van der Waals surface area (Å²) in [7, 11) is 0. The highest BCUT2D eigenvalue weighted by molar-refractivity contribution is 5.31. The van der Waals surface area contributed by atoms with Crippen LogP contribution in [0.4, 0.5) is 0 Å². The number of aliphatic hydroxyl groups is 3. The first-order valence-corrected chi connectivity index (χ1v) is 14.5. The SMILES string of the molecule is C[C@]12CC[C@H](OC3OC[C@H](CN)[C@H](O)[C@@H]3O)C=C1CCC1C2CC[C@]2(C)[C@@H](c3ccc(=O)oc3)CC[C@]12O. The van der Waals surface area contributed by atoms with Crippen molar-refractivity contribution in [3.05, 3.63) is 46.0 Å². The zero-order valence-corrected chi connectivity index (χ0v) is 22.6. The molecule has 8 heteroatoms. The van der Waals surface area contributed by atoms with E-state index in [1.54, 1.807) is 6.26 Å². The van der Waals surface area contributed by atoms with Crippen LogP contribution < -0.4 is 11.4 Å². The Labute approximate surface area is 224 Å². The molecule has 1 aromatic rings. The molecule has 0 amide bonds. The Hall–Kier alpha value is -1.55. The molecule has 0 spiro atoms. The van der Waals surface area contributed by atoms with Gasteiger partial charge in [0.25, 0.3) is 0 Å². The van der Waals surface area contributed by atoms with Crippen LogP contribution >= 0.6 is 0 Å². The van der Waals surface area contributed by atoms with Gasteiger partial charge in [-0.1, -0.05) is 25.5 Å². The quantitative estimate of drug-likeness (QED) is 0.437. The average Bonchev–Trinajstić information content (AvgIpc) is 3.19. The molecule has 4 aliphatic carbocycles. The van der Waals surface area contributed by atoms with Crippen LogP contribution in [0.15, 0.2) is 39.3 Å². The highest BCUT2D eigenvalue weighted by Gasteiger charge is 2.66. The highest BCUT2D eigenvalue weighted by Crippen LogP contribution is 2.70. The van der Waals surface area contributed by atoms with Crippen molar-refractivity contribution < 1.29 is 29.2 Å². The molecule has 0 radical (unpaired) electrons. The molecule has 1 saturated heterocycles. The number of hydrogen-bond acceptors (Lipinski definition) is 8. The van der Waals surface area contributed by atoms with E-state index < -0.39 is 24.1 Å². The summed E-state index contributed by atoms with van der Waals surface area (Å²) in [5, 5.41) is 33.3. The molecule has 3 unspecified atom stereocenters. The van der Waals surface area contributed by atoms with Crippen LogP contribution in [0.5, 0.6) is 0 Å². The van der Waals surface area contributed by atoms with Crippen LogP contribution in [0.3, 0.4) is 0 Å². The Morgan fingerprint density at radius 2 is 1.87 bits per heavy atom. The number of allylic oxidation sites excluding steroid dienone is 1. The third-order valence-corrected chi connectivity index (χ3v) is 11.6. The summed E-state index contributed by atoms with van der Waals surface area (Å²) in [6.45, 7) is 5.16. The van der Waals surface area contributed by atoms with E-state index in [4.69, 9.17) is 19.6 Å². The van der Waals surface area contributed by atoms with Crippen molar-refractivity contribution in [1.29, 1.82) is 0 Å². The summed E-state index contributed by atoms with van der Waals surface area (Å²) in [6.07, 6.45) is 8.07. The first kappa shape index (κ1) is 26.7. The summed E-state index contributed by atoms with van der Waals surface area (Å²) >= 11 is 0. The smallest absolute Gasteiger partial charge is 0.335 e. The Kier molecular flexibility index (Phi) is 6.69. The van der Waals surface area contributed by atoms with Crippen LogP contribution in [-0.4, -0.2) is 58.7 Å². The summed E-state index contributed by atoms with van der Waals surface area (Å²) in [5.74, 6) is 0.528. The number of fused-ring (bicyclic) bond motifs is 5. The number of hydrogen-bond donors (Lipinski definition) is 4. The molecule has 6 rings (SSSR count). The van der Waals surface area contributed by atoms with Gasteiger partial charge in [-0.05, 0) is 92.7 Å². The largest absolute Gasteiger partial charge is 0.431 e. The molecular formula is C30H43NO7. The second-order valence-corrected chi connectivity index (χ2v) is 13.1. The monoisotopic (exact) mass is 529 g/mol. The average molecular weight is 530 g/mol. The fourth-order valence-corrected chi connectivity index (χ4v) is 9.23. The van der Waals surface area contributed by atoms with E-state index in [0.29, 0.717) is 5.92 Å². The van der Waals surface area contributed by atoms with Gasteiger partial charge in [-0.3, -0.25) is 0 Å². The first-order chi connectivity index (χ1) is 18.1. The lowest BCUT2D eigenvalue weighted by Gasteiger charge is -2.62. The standard InChI is InChI=1S/C30H43NO7/c1-28-10-7-20(38-27-26(34)25(33)18(14-31)16-37-27)13-19(28)4-5-23-22(28)8-11-29(2)21(9-12-30(23,29)35)17-3-6-24(32)36-15-17/h3,6,13,15,18,20-23,25-27,33-35H,4-5,7-12,14,16,31H2,1-2H3/t18-,20-,21+,22?,23?,25-,26-,27?,28-,29+,30-/m0/s1. The number of ether oxygens (including phenoxy) is 2. The normalized spacial score (nSPS) is 48.5. The summed E-state index contributed by atoms with van der Waals surface area (Å²) < 4.78 is 17.1. The Balaban J connectivity index is 1.20. The second-order valence-electron chi connectivity index (χ2n) is 13.1. The fourth-order valence-electron chi connectivity index (χ4n) is 9.23. The van der Waals surface area contributed by atoms with Crippen molar-refractivity contribution in [3.63, 3.8) is 0 Å². The Morgan fingerprint density at radius 1 is 1.05 bits per heavy atom. The van der Waals surface area contributed by atoms with Crippen LogP contribution in [0, 0.1) is 28.6 Å². The van der Waals surface area contributed by atoms with E-state index in [9.17, 15) is 20.1 Å². The van der Waals surface area contributed by atoms with Crippen LogP contribution in [0.2, 0.25) is 0 Å². The van der Waals surface area contributed by atoms with E-state index in [0.717, 1.165) is 56.9 Å². The summed E-state index contributed by atoms with van der Waals surface area (Å²) in [5.41, 5.74) is 6.79. The minimum atomic E-state index is -1.11. The molecule has 2 heterocycles. The fraction of sp³-hybridized carbons (Fsp3) is 0.767. The zero-order valence-electron chi connectivity index (χ0n) is 22.6. The van der Waals surface area contributed by atoms with Crippen molar-refractivity contribution in [2.24, 2.45) is 34.3 Å². The molecule has 0 aromatic carbocycles. The maximum absolute atomic E-state index is 12.4. The lowest BCUT2D eigenvalue weighted by molar-refractivity contribution is -0.269. The summed E-state index contributed by atoms with van der Waals surface area (Å²) in [4.78, 5) is 11.5. The molecule has 1 aromatic heterocycles. The van der Waals surface area contributed by atoms with Gasteiger partial charge in [0.05, 0.1) is 30.7 Å². The molecule has 5 N–H and O–H groups in total. The lowest BCUT2D eigenvalue weighted by Crippen LogP contribution is -2.60. The van der Waals surface area contributed by atoms with Gasteiger partial charge in [0.1, 0.15) is 6.10 Å². The third kappa shape index (κ3) is 3.90. The van der Waals surface area contributed by atoms with Crippen molar-refractivity contribution in [2.75, 3.05) is 13.2 Å². The maximum atomic E-state index is 12.4. The molecule has 210 valence electrons. The van der Waals surface area contributed by atoms with E-state index in [-0.39, 0.29) is 53.5 Å². The second kappa shape index (κ2) is 9.53. The van der Waals surface area contributed by atoms with Crippen LogP contribution in [-0.2, 0) is 9.47 Å². The number of rotatable bonds is 4. The van der Waals surface area contributed by atoms with Gasteiger partial charge < -0.3 is 34.9 Å². The van der Waals surface area contributed by atoms with E-state index >= 15 is 0 Å². The maximum Gasteiger partial charge on any atom is 0.335 e. The Morgan fingerprint density at radius 3 is 2.61 bits per heavy atom. The topological polar surface area (TPSA) is 135 Å². The van der Waals surface area contributed by atoms with Gasteiger partial charge in [-0.2, -0.15) is 0 Å². The molecule has 38 heavy (non-hydrogen) atoms. The van der Waals surface area contributed by atoms with Crippen LogP contribution in [0.1, 0.15) is 76.7 Å². The van der Waals surface area contributed by atoms with E-state index in [1.165, 1.54) is 11.6 Å². The minimum Gasteiger partial charge on any atom is -0.431 e. The molecule has 5 aliphatic rings. The third-order valence-electron chi connectivity index (χ3n) is 11.6. The van der Waals surface area contributed by atoms with Crippen molar-refractivity contribution in [3.8, 4) is 0 Å². The van der Waals surface area contributed by atoms with Gasteiger partial charge >= 0.3 is 5.63 Å². The zero-order chi connectivity index (χ0) is 26.9. The predicted molar refractivity (Wildman–Crippen MR) is 140 cm³/mol. The minimum absolute atomic E-state index is 0.00760. The Bertz CT molecular complexity index is 1120. The first-order valence-electron chi connectivity index (χ1n) is 14.5. The molecule has 0 bridgehead atoms. The van der Waals surface area contributed by atoms with Crippen molar-refractivity contribution >= 4 is 0 Å². The lowest BCUT2D eigenvalue weighted by atomic mass is 9.45. The number of nitrogens with two attached hydrogens (primary N) is 1.